The molecule has 0 bridgehead atoms. The number of aromatic amines is 1. The van der Waals surface area contributed by atoms with E-state index in [-0.39, 0.29) is 19.5 Å². The summed E-state index contributed by atoms with van der Waals surface area (Å²) in [5, 5.41) is 0. The first-order valence-electron chi connectivity index (χ1n) is 2.77. The van der Waals surface area contributed by atoms with Crippen molar-refractivity contribution in [1.82, 2.24) is 19.9 Å². The standard InChI is InChI=1S/C5H5N5.Zn/c6-4-3-5(9-1-7-3)10-2-8-4;/h1-2H,(H3,6,7,8,9,10);/q;+2. The van der Waals surface area contributed by atoms with Crippen LogP contribution in [0.5, 0.6) is 0 Å². The van der Waals surface area contributed by atoms with Crippen molar-refractivity contribution in [2.45, 2.75) is 0 Å². The predicted molar refractivity (Wildman–Crippen MR) is 36.1 cm³/mol. The second kappa shape index (κ2) is 2.92. The molecule has 0 radical (unpaired) electrons. The fraction of sp³-hybridized carbons (Fsp3) is 0. The Bertz CT molecular complexity index is 356. The number of fused-ring (bicyclic) bond motifs is 1. The smallest absolute Gasteiger partial charge is 0.382 e. The fourth-order valence-corrected chi connectivity index (χ4v) is 0.784. The van der Waals surface area contributed by atoms with E-state index in [4.69, 9.17) is 5.73 Å². The van der Waals surface area contributed by atoms with Crippen LogP contribution in [0, 0.1) is 0 Å². The third kappa shape index (κ3) is 1.21. The van der Waals surface area contributed by atoms with Crippen LogP contribution in [0.2, 0.25) is 0 Å². The Morgan fingerprint density at radius 1 is 1.27 bits per heavy atom. The Kier molecular flexibility index (Phi) is 2.14. The van der Waals surface area contributed by atoms with E-state index in [0.717, 1.165) is 0 Å². The van der Waals surface area contributed by atoms with E-state index in [1.165, 1.54) is 12.7 Å². The van der Waals surface area contributed by atoms with Crippen molar-refractivity contribution in [3.8, 4) is 0 Å². The van der Waals surface area contributed by atoms with Gasteiger partial charge in [0.15, 0.2) is 11.5 Å². The van der Waals surface area contributed by atoms with Crippen molar-refractivity contribution in [2.75, 3.05) is 5.73 Å². The molecule has 0 aliphatic heterocycles. The maximum absolute atomic E-state index is 5.48. The Labute approximate surface area is 75.2 Å². The van der Waals surface area contributed by atoms with Crippen LogP contribution < -0.4 is 5.73 Å². The van der Waals surface area contributed by atoms with Crippen LogP contribution in [0.4, 0.5) is 5.82 Å². The fourth-order valence-electron chi connectivity index (χ4n) is 0.784. The number of anilines is 1. The number of nitrogens with zero attached hydrogens (tertiary/aromatic N) is 3. The van der Waals surface area contributed by atoms with Gasteiger partial charge in [0.25, 0.3) is 0 Å². The minimum Gasteiger partial charge on any atom is -0.382 e. The molecule has 0 aromatic carbocycles. The molecule has 2 heterocycles. The van der Waals surface area contributed by atoms with Crippen molar-refractivity contribution in [1.29, 1.82) is 0 Å². The number of hydrogen-bond acceptors (Lipinski definition) is 4. The molecule has 0 fully saturated rings. The molecule has 2 rings (SSSR count). The van der Waals surface area contributed by atoms with Gasteiger partial charge in [0.2, 0.25) is 0 Å². The van der Waals surface area contributed by atoms with E-state index >= 15 is 0 Å². The van der Waals surface area contributed by atoms with Gasteiger partial charge in [0, 0.05) is 0 Å². The number of nitrogens with two attached hydrogens (primary N) is 1. The Morgan fingerprint density at radius 2 is 2.09 bits per heavy atom. The normalized spacial score (nSPS) is 9.45. The van der Waals surface area contributed by atoms with Crippen molar-refractivity contribution in [3.05, 3.63) is 12.7 Å². The molecule has 6 heteroatoms. The van der Waals surface area contributed by atoms with Crippen LogP contribution in [-0.4, -0.2) is 19.9 Å². The van der Waals surface area contributed by atoms with E-state index in [2.05, 4.69) is 19.9 Å². The number of rotatable bonds is 0. The molecule has 2 aromatic rings. The average Bonchev–Trinajstić information content (AvgIpc) is 2.36. The van der Waals surface area contributed by atoms with Crippen molar-refractivity contribution >= 4 is 17.0 Å². The molecule has 0 saturated heterocycles. The van der Waals surface area contributed by atoms with E-state index in [9.17, 15) is 0 Å². The van der Waals surface area contributed by atoms with E-state index in [1.54, 1.807) is 0 Å². The van der Waals surface area contributed by atoms with Crippen molar-refractivity contribution in [3.63, 3.8) is 0 Å². The van der Waals surface area contributed by atoms with Gasteiger partial charge in [-0.05, 0) is 0 Å². The molecule has 11 heavy (non-hydrogen) atoms. The molecule has 0 aliphatic rings. The molecule has 0 saturated carbocycles. The summed E-state index contributed by atoms with van der Waals surface area (Å²) in [6, 6.07) is 0. The van der Waals surface area contributed by atoms with Gasteiger partial charge in [-0.1, -0.05) is 0 Å². The first kappa shape index (κ1) is 8.07. The van der Waals surface area contributed by atoms with Crippen LogP contribution in [-0.2, 0) is 19.5 Å². The molecule has 0 aliphatic carbocycles. The first-order valence-corrected chi connectivity index (χ1v) is 2.77. The topological polar surface area (TPSA) is 80.5 Å². The molecule has 2 aromatic heterocycles. The largest absolute Gasteiger partial charge is 2.00 e. The third-order valence-electron chi connectivity index (χ3n) is 1.25. The Morgan fingerprint density at radius 3 is 2.82 bits per heavy atom. The first-order chi connectivity index (χ1) is 4.88. The summed E-state index contributed by atoms with van der Waals surface area (Å²) in [4.78, 5) is 14.4. The summed E-state index contributed by atoms with van der Waals surface area (Å²) < 4.78 is 0. The molecule has 0 unspecified atom stereocenters. The molecule has 50 valence electrons. The summed E-state index contributed by atoms with van der Waals surface area (Å²) in [6.45, 7) is 0. The number of H-pyrrole nitrogens is 1. The number of hydrogen-bond donors (Lipinski definition) is 2. The van der Waals surface area contributed by atoms with Gasteiger partial charge in [0.05, 0.1) is 6.33 Å². The second-order valence-electron chi connectivity index (χ2n) is 1.86. The minimum atomic E-state index is 0. The molecule has 0 spiro atoms. The van der Waals surface area contributed by atoms with E-state index < -0.39 is 0 Å². The third-order valence-corrected chi connectivity index (χ3v) is 1.25. The molecule has 0 atom stereocenters. The summed E-state index contributed by atoms with van der Waals surface area (Å²) in [5.41, 5.74) is 6.78. The monoisotopic (exact) mass is 199 g/mol. The zero-order chi connectivity index (χ0) is 6.97. The molecule has 3 N–H and O–H groups in total. The van der Waals surface area contributed by atoms with Gasteiger partial charge in [-0.25, -0.2) is 15.0 Å². The maximum atomic E-state index is 5.48. The van der Waals surface area contributed by atoms with Gasteiger partial charge < -0.3 is 10.7 Å². The number of imidazole rings is 1. The summed E-state index contributed by atoms with van der Waals surface area (Å²) in [6.07, 6.45) is 2.92. The van der Waals surface area contributed by atoms with Gasteiger partial charge in [0.1, 0.15) is 11.8 Å². The summed E-state index contributed by atoms with van der Waals surface area (Å²) >= 11 is 0. The van der Waals surface area contributed by atoms with E-state index in [1.807, 2.05) is 0 Å². The van der Waals surface area contributed by atoms with Crippen LogP contribution in [0.25, 0.3) is 11.2 Å². The SMILES string of the molecule is Nc1ncnc2nc[nH]c12.[Zn+2]. The van der Waals surface area contributed by atoms with Crippen LogP contribution in [0.3, 0.4) is 0 Å². The average molecular weight is 201 g/mol. The van der Waals surface area contributed by atoms with Crippen molar-refractivity contribution in [2.24, 2.45) is 0 Å². The second-order valence-corrected chi connectivity index (χ2v) is 1.86. The minimum absolute atomic E-state index is 0. The molecular formula is C5H5N5Zn+2. The zero-order valence-corrected chi connectivity index (χ0v) is 8.75. The van der Waals surface area contributed by atoms with E-state index in [0.29, 0.717) is 17.0 Å². The molecule has 5 nitrogen and oxygen atoms in total. The van der Waals surface area contributed by atoms with Gasteiger partial charge in [-0.2, -0.15) is 0 Å². The van der Waals surface area contributed by atoms with Crippen LogP contribution >= 0.6 is 0 Å². The molecular weight excluding hydrogens is 195 g/mol. The number of nitrogens with one attached hydrogen (secondary N) is 1. The summed E-state index contributed by atoms with van der Waals surface area (Å²) in [7, 11) is 0. The quantitative estimate of drug-likeness (QED) is 0.584. The summed E-state index contributed by atoms with van der Waals surface area (Å²) in [5.74, 6) is 0.433. The van der Waals surface area contributed by atoms with Crippen molar-refractivity contribution < 1.29 is 19.5 Å². The van der Waals surface area contributed by atoms with Gasteiger partial charge in [-0.3, -0.25) is 0 Å². The number of nitrogen functional groups attached to an aromatic ring is 1. The maximum Gasteiger partial charge on any atom is 2.00 e. The van der Waals surface area contributed by atoms with Gasteiger partial charge >= 0.3 is 19.5 Å². The van der Waals surface area contributed by atoms with Crippen LogP contribution in [0.1, 0.15) is 0 Å². The Balaban J connectivity index is 0.000000605. The van der Waals surface area contributed by atoms with Crippen LogP contribution in [0.15, 0.2) is 12.7 Å². The Hall–Kier alpha value is -1.03. The zero-order valence-electron chi connectivity index (χ0n) is 5.78. The van der Waals surface area contributed by atoms with Gasteiger partial charge in [-0.15, -0.1) is 0 Å². The molecule has 0 amide bonds. The number of aromatic nitrogens is 4. The predicted octanol–water partition coefficient (Wildman–Crippen LogP) is -0.0674.